The molecular formula is C21H24N4O2. The van der Waals surface area contributed by atoms with Crippen molar-refractivity contribution in [3.05, 3.63) is 54.2 Å². The zero-order chi connectivity index (χ0) is 19.2. The summed E-state index contributed by atoms with van der Waals surface area (Å²) in [5.74, 6) is 0.498. The summed E-state index contributed by atoms with van der Waals surface area (Å²) in [7, 11) is 0. The normalized spacial score (nSPS) is 15.5. The number of nitrogen functional groups attached to an aromatic ring is 1. The van der Waals surface area contributed by atoms with Gasteiger partial charge in [-0.1, -0.05) is 30.3 Å². The minimum absolute atomic E-state index is 0.312. The van der Waals surface area contributed by atoms with E-state index in [1.165, 1.54) is 0 Å². The first-order chi connectivity index (χ1) is 12.8. The Labute approximate surface area is 158 Å². The van der Waals surface area contributed by atoms with Gasteiger partial charge < -0.3 is 15.8 Å². The van der Waals surface area contributed by atoms with Gasteiger partial charge in [0.25, 0.3) is 0 Å². The summed E-state index contributed by atoms with van der Waals surface area (Å²) in [5.41, 5.74) is 9.23. The summed E-state index contributed by atoms with van der Waals surface area (Å²) in [4.78, 5) is 12.2. The van der Waals surface area contributed by atoms with Crippen LogP contribution in [0.3, 0.4) is 0 Å². The molecule has 6 nitrogen and oxygen atoms in total. The van der Waals surface area contributed by atoms with E-state index in [0.717, 1.165) is 35.0 Å². The van der Waals surface area contributed by atoms with Crippen LogP contribution >= 0.6 is 0 Å². The maximum absolute atomic E-state index is 12.2. The average molecular weight is 364 g/mol. The van der Waals surface area contributed by atoms with Crippen LogP contribution in [0.25, 0.3) is 16.6 Å². The highest BCUT2D eigenvalue weighted by Gasteiger charge is 2.46. The number of nitrogens with one attached hydrogen (secondary N) is 1. The van der Waals surface area contributed by atoms with Crippen LogP contribution < -0.4 is 11.1 Å². The van der Waals surface area contributed by atoms with Crippen molar-refractivity contribution in [2.24, 2.45) is 0 Å². The van der Waals surface area contributed by atoms with Crippen LogP contribution in [-0.4, -0.2) is 21.3 Å². The largest absolute Gasteiger partial charge is 0.444 e. The highest BCUT2D eigenvalue weighted by atomic mass is 16.6. The van der Waals surface area contributed by atoms with Crippen molar-refractivity contribution in [1.82, 2.24) is 14.9 Å². The third kappa shape index (κ3) is 3.47. The Kier molecular flexibility index (Phi) is 3.87. The molecule has 1 saturated carbocycles. The van der Waals surface area contributed by atoms with Crippen molar-refractivity contribution in [1.29, 1.82) is 0 Å². The minimum atomic E-state index is -0.504. The summed E-state index contributed by atoms with van der Waals surface area (Å²) in [6, 6.07) is 14.2. The summed E-state index contributed by atoms with van der Waals surface area (Å²) < 4.78 is 7.19. The van der Waals surface area contributed by atoms with Crippen LogP contribution in [-0.2, 0) is 10.3 Å². The van der Waals surface area contributed by atoms with Gasteiger partial charge in [0.15, 0.2) is 0 Å². The second kappa shape index (κ2) is 6.01. The third-order valence-electron chi connectivity index (χ3n) is 4.76. The van der Waals surface area contributed by atoms with Gasteiger partial charge in [0.05, 0.1) is 11.1 Å². The molecule has 2 aromatic heterocycles. The molecule has 0 atom stereocenters. The molecular weight excluding hydrogens is 340 g/mol. The highest BCUT2D eigenvalue weighted by Crippen LogP contribution is 2.46. The summed E-state index contributed by atoms with van der Waals surface area (Å²) in [6.45, 7) is 5.60. The highest BCUT2D eigenvalue weighted by molar-refractivity contribution is 5.81. The Bertz CT molecular complexity index is 995. The number of nitrogens with zero attached hydrogens (tertiary/aromatic N) is 2. The molecule has 1 aromatic carbocycles. The van der Waals surface area contributed by atoms with Crippen molar-refractivity contribution in [3.63, 3.8) is 0 Å². The predicted octanol–water partition coefficient (Wildman–Crippen LogP) is 4.10. The molecule has 0 aliphatic heterocycles. The third-order valence-corrected chi connectivity index (χ3v) is 4.76. The van der Waals surface area contributed by atoms with E-state index in [1.807, 2.05) is 39.1 Å². The number of alkyl carbamates (subject to hydrolysis) is 1. The molecule has 1 aliphatic rings. The van der Waals surface area contributed by atoms with Gasteiger partial charge in [-0.25, -0.2) is 9.31 Å². The number of aromatic nitrogens is 2. The number of fused-ring (bicyclic) bond motifs is 1. The zero-order valence-corrected chi connectivity index (χ0v) is 15.8. The SMILES string of the molecule is CC(C)(C)OC(=O)NC1(c2ccc(-c3cccn4nc(N)cc34)cc2)CC1. The monoisotopic (exact) mass is 364 g/mol. The standard InChI is InChI=1S/C21H24N4O2/c1-20(2,3)27-19(26)23-21(10-11-21)15-8-6-14(7-9-15)16-5-4-12-25-17(16)13-18(22)24-25/h4-9,12-13H,10-11H2,1-3H3,(H2,22,24)(H,23,26). The summed E-state index contributed by atoms with van der Waals surface area (Å²) in [5, 5.41) is 7.30. The maximum Gasteiger partial charge on any atom is 0.408 e. The molecule has 0 saturated heterocycles. The van der Waals surface area contributed by atoms with Gasteiger partial charge in [-0.2, -0.15) is 5.10 Å². The lowest BCUT2D eigenvalue weighted by atomic mass is 9.99. The van der Waals surface area contributed by atoms with Gasteiger partial charge in [-0.05, 0) is 50.8 Å². The van der Waals surface area contributed by atoms with Crippen molar-refractivity contribution in [2.75, 3.05) is 5.73 Å². The molecule has 0 spiro atoms. The van der Waals surface area contributed by atoms with Gasteiger partial charge in [0, 0.05) is 17.8 Å². The first kappa shape index (κ1) is 17.4. The number of pyridine rings is 1. The number of anilines is 1. The second-order valence-corrected chi connectivity index (χ2v) is 8.11. The number of benzene rings is 1. The van der Waals surface area contributed by atoms with E-state index in [4.69, 9.17) is 10.5 Å². The van der Waals surface area contributed by atoms with E-state index >= 15 is 0 Å². The number of carbonyl (C=O) groups excluding carboxylic acids is 1. The molecule has 1 amide bonds. The Morgan fingerprint density at radius 2 is 1.93 bits per heavy atom. The zero-order valence-electron chi connectivity index (χ0n) is 15.8. The smallest absolute Gasteiger partial charge is 0.408 e. The molecule has 140 valence electrons. The van der Waals surface area contributed by atoms with Gasteiger partial charge >= 0.3 is 6.09 Å². The van der Waals surface area contributed by atoms with Crippen LogP contribution in [0.1, 0.15) is 39.2 Å². The number of hydrogen-bond acceptors (Lipinski definition) is 4. The Hall–Kier alpha value is -3.02. The van der Waals surface area contributed by atoms with Gasteiger partial charge in [0.1, 0.15) is 11.4 Å². The predicted molar refractivity (Wildman–Crippen MR) is 105 cm³/mol. The van der Waals surface area contributed by atoms with Gasteiger partial charge in [-0.15, -0.1) is 0 Å². The first-order valence-electron chi connectivity index (χ1n) is 9.12. The summed E-state index contributed by atoms with van der Waals surface area (Å²) in [6.07, 6.45) is 3.34. The second-order valence-electron chi connectivity index (χ2n) is 8.11. The van der Waals surface area contributed by atoms with Gasteiger partial charge in [0.2, 0.25) is 0 Å². The molecule has 0 unspecified atom stereocenters. The molecule has 1 aliphatic carbocycles. The average Bonchev–Trinajstić information content (AvgIpc) is 3.25. The lowest BCUT2D eigenvalue weighted by Gasteiger charge is -2.23. The Morgan fingerprint density at radius 3 is 2.56 bits per heavy atom. The summed E-state index contributed by atoms with van der Waals surface area (Å²) >= 11 is 0. The van der Waals surface area contributed by atoms with Crippen molar-refractivity contribution in [3.8, 4) is 11.1 Å². The molecule has 3 N–H and O–H groups in total. The van der Waals surface area contributed by atoms with E-state index in [2.05, 4.69) is 40.7 Å². The van der Waals surface area contributed by atoms with Crippen molar-refractivity contribution >= 4 is 17.4 Å². The lowest BCUT2D eigenvalue weighted by Crippen LogP contribution is -2.39. The van der Waals surface area contributed by atoms with Crippen LogP contribution in [0.4, 0.5) is 10.6 Å². The van der Waals surface area contributed by atoms with Gasteiger partial charge in [-0.3, -0.25) is 0 Å². The molecule has 1 fully saturated rings. The molecule has 6 heteroatoms. The Morgan fingerprint density at radius 1 is 1.22 bits per heavy atom. The molecule has 4 rings (SSSR count). The molecule has 2 heterocycles. The van der Waals surface area contributed by atoms with Crippen LogP contribution in [0, 0.1) is 0 Å². The number of carbonyl (C=O) groups is 1. The van der Waals surface area contributed by atoms with E-state index < -0.39 is 5.60 Å². The van der Waals surface area contributed by atoms with Crippen LogP contribution in [0.5, 0.6) is 0 Å². The quantitative estimate of drug-likeness (QED) is 0.733. The van der Waals surface area contributed by atoms with E-state index in [1.54, 1.807) is 4.52 Å². The fourth-order valence-electron chi connectivity index (χ4n) is 3.36. The fraction of sp³-hybridized carbons (Fsp3) is 0.333. The number of ether oxygens (including phenoxy) is 1. The number of amides is 1. The van der Waals surface area contributed by atoms with E-state index in [9.17, 15) is 4.79 Å². The van der Waals surface area contributed by atoms with E-state index in [-0.39, 0.29) is 11.6 Å². The first-order valence-corrected chi connectivity index (χ1v) is 9.12. The minimum Gasteiger partial charge on any atom is -0.444 e. The lowest BCUT2D eigenvalue weighted by molar-refractivity contribution is 0.0495. The molecule has 3 aromatic rings. The van der Waals surface area contributed by atoms with Crippen LogP contribution in [0.15, 0.2) is 48.7 Å². The number of nitrogens with two attached hydrogens (primary N) is 1. The Balaban J connectivity index is 1.58. The number of rotatable bonds is 3. The molecule has 0 radical (unpaired) electrons. The topological polar surface area (TPSA) is 81.6 Å². The molecule has 0 bridgehead atoms. The van der Waals surface area contributed by atoms with Crippen molar-refractivity contribution in [2.45, 2.75) is 44.8 Å². The van der Waals surface area contributed by atoms with Crippen LogP contribution in [0.2, 0.25) is 0 Å². The van der Waals surface area contributed by atoms with E-state index in [0.29, 0.717) is 5.82 Å². The fourth-order valence-corrected chi connectivity index (χ4v) is 3.36. The molecule has 27 heavy (non-hydrogen) atoms. The number of hydrogen-bond donors (Lipinski definition) is 2. The maximum atomic E-state index is 12.2. The van der Waals surface area contributed by atoms with Crippen molar-refractivity contribution < 1.29 is 9.53 Å².